The van der Waals surface area contributed by atoms with Gasteiger partial charge in [0.2, 0.25) is 0 Å². The molecule has 0 N–H and O–H groups in total. The van der Waals surface area contributed by atoms with Gasteiger partial charge in [-0.2, -0.15) is 0 Å². The predicted molar refractivity (Wildman–Crippen MR) is 375 cm³/mol. The Kier molecular flexibility index (Phi) is 2.04. The molecule has 0 radical (unpaired) electrons. The quantitative estimate of drug-likeness (QED) is 0.227. The molecule has 87 rings (SSSR count). The van der Waals surface area contributed by atoms with Crippen molar-refractivity contribution >= 4 is 0 Å². The minimum Gasteiger partial charge on any atom is -0.0458 e. The molecule has 0 bridgehead atoms. The van der Waals surface area contributed by atoms with Crippen molar-refractivity contribution in [2.75, 3.05) is 0 Å². The van der Waals surface area contributed by atoms with Gasteiger partial charge in [0.15, 0.2) is 0 Å². The molecule has 112 atom stereocenters. The summed E-state index contributed by atoms with van der Waals surface area (Å²) < 4.78 is 0. The van der Waals surface area contributed by atoms with Crippen molar-refractivity contribution in [3.63, 3.8) is 0 Å². The molecule has 87 aliphatic rings. The Labute approximate surface area is 679 Å². The zero-order valence-corrected chi connectivity index (χ0v) is 65.5. The maximum Gasteiger partial charge on any atom is -0.00502 e. The van der Waals surface area contributed by atoms with Crippen molar-refractivity contribution in [3.8, 4) is 0 Å². The van der Waals surface area contributed by atoms with Gasteiger partial charge in [-0.25, -0.2) is 0 Å². The molecule has 120 heavy (non-hydrogen) atoms. The maximum atomic E-state index is 1.85. The predicted octanol–water partition coefficient (Wildman–Crippen LogP) is 10.1. The molecule has 0 aromatic carbocycles. The monoisotopic (exact) mass is 1510 g/mol. The van der Waals surface area contributed by atoms with Gasteiger partial charge in [-0.1, -0.05) is 0 Å². The molecule has 56 spiro atoms. The summed E-state index contributed by atoms with van der Waals surface area (Å²) in [5, 5.41) is 0. The van der Waals surface area contributed by atoms with Gasteiger partial charge in [0.1, 0.15) is 0 Å². The highest BCUT2D eigenvalue weighted by atomic mass is 15.7. The fourth-order valence-electron chi connectivity index (χ4n) is 135. The Bertz CT molecular complexity index is 8240. The fourth-order valence-corrected chi connectivity index (χ4v) is 135. The van der Waals surface area contributed by atoms with Crippen LogP contribution in [0.1, 0.15) is 25.7 Å². The first-order valence-corrected chi connectivity index (χ1v) is 59.8. The van der Waals surface area contributed by atoms with Crippen LogP contribution in [0.3, 0.4) is 0 Å². The van der Waals surface area contributed by atoms with Crippen LogP contribution in [0, 0.1) is 658 Å². The second-order valence-corrected chi connectivity index (χ2v) is 78.6. The zero-order valence-electron chi connectivity index (χ0n) is 65.5. The molecular formula is C120H68. The first kappa shape index (κ1) is 40.0. The lowest BCUT2D eigenvalue weighted by molar-refractivity contribution is -1.15. The van der Waals surface area contributed by atoms with Crippen molar-refractivity contribution < 1.29 is 0 Å². The first-order chi connectivity index (χ1) is 59.8. The lowest BCUT2D eigenvalue weighted by Crippen LogP contribution is -3.60. The van der Waals surface area contributed by atoms with Gasteiger partial charge in [-0.15, -0.1) is 0 Å². The van der Waals surface area contributed by atoms with Crippen LogP contribution in [0.25, 0.3) is 0 Å². The highest BCUT2D eigenvalue weighted by Crippen LogP contribution is 3.72. The van der Waals surface area contributed by atoms with E-state index < -0.39 is 0 Å². The van der Waals surface area contributed by atoms with E-state index in [1.807, 2.05) is 25.7 Å². The van der Waals surface area contributed by atoms with E-state index in [4.69, 9.17) is 0 Å². The van der Waals surface area contributed by atoms with Gasteiger partial charge < -0.3 is 0 Å². The van der Waals surface area contributed by atoms with E-state index in [1.54, 1.807) is 0 Å². The molecule has 0 nitrogen and oxygen atoms in total. The molecule has 548 valence electrons. The third-order valence-electron chi connectivity index (χ3n) is 106. The molecule has 0 amide bonds. The molecule has 0 aliphatic heterocycles. The topological polar surface area (TPSA) is 0 Å². The van der Waals surface area contributed by atoms with Crippen LogP contribution in [0.4, 0.5) is 0 Å². The first-order valence-electron chi connectivity index (χ1n) is 59.8. The van der Waals surface area contributed by atoms with Crippen molar-refractivity contribution in [1.82, 2.24) is 0 Å². The molecule has 87 saturated carbocycles. The molecule has 112 unspecified atom stereocenters. The largest absolute Gasteiger partial charge is 0.0458 e. The lowest BCUT2D eigenvalue weighted by Gasteiger charge is -3.62. The van der Waals surface area contributed by atoms with E-state index in [-0.39, 0.29) is 0 Å². The summed E-state index contributed by atoms with van der Waals surface area (Å²) in [7, 11) is 0. The van der Waals surface area contributed by atoms with Gasteiger partial charge in [0.05, 0.1) is 0 Å². The average molecular weight is 1510 g/mol. The van der Waals surface area contributed by atoms with E-state index in [0.717, 1.165) is 303 Å². The highest BCUT2D eigenvalue weighted by Gasteiger charge is 3.69. The molecule has 0 aromatic rings. The molecule has 87 fully saturated rings. The minimum absolute atomic E-state index is 1.09. The number of rotatable bonds is 0. The number of hydrogen-bond donors (Lipinski definition) is 0. The third-order valence-corrected chi connectivity index (χ3v) is 106. The molecule has 87 aliphatic carbocycles. The molecular weight excluding hydrogens is 1440 g/mol. The van der Waals surface area contributed by atoms with Gasteiger partial charge in [-0.05, 0) is 684 Å². The highest BCUT2D eigenvalue weighted by molar-refractivity contribution is 6.44. The van der Waals surface area contributed by atoms with Crippen molar-refractivity contribution in [2.24, 2.45) is 583 Å². The summed E-state index contributed by atoms with van der Waals surface area (Å²) in [6, 6.07) is 0. The van der Waals surface area contributed by atoms with Crippen LogP contribution in [-0.4, -0.2) is 0 Å². The van der Waals surface area contributed by atoms with Crippen LogP contribution in [-0.2, 0) is 0 Å². The summed E-state index contributed by atoms with van der Waals surface area (Å²) in [6.45, 7) is 0. The summed E-state index contributed by atoms with van der Waals surface area (Å²) >= 11 is 0. The SMILES string of the molecule is C1C2C3CC4C5C6C7C8C9C%10C%11C%12C%13C%14C%15C%16C%17C%18C%19C%20C%21C%22C%23C%24C%25C%26C%27C%28C%29C%30C%31CC%32C%33CC%34C%35C%36C%37C%38C%39C%40C%41C%42C%43C%44C%45C%46C%47C%48C%49C%50C%51C%52C%53C%54C%55C%56C%57C%58C%59C%60C1C21C34C52C%601C%591C62C72C%581C%571C82C92C%561C%551C%102C%112C%541C%531C%122C%132C%521C%511C%142C%152C%501C%491C%162C%172C%481C%471C%463C%454C%445C%436C%427C%418C%409C%39%10C%38%11C%37%12C%36%13C%35%14C%33%34C%32%31C%30%14C%29%13C%28%12C%27%11C%26%10C%259C%248C%237C%226C%215C%204C%193C%1812. The molecule has 0 heterocycles. The van der Waals surface area contributed by atoms with Crippen molar-refractivity contribution in [1.29, 1.82) is 0 Å². The summed E-state index contributed by atoms with van der Waals surface area (Å²) in [5.41, 5.74) is 62.7. The standard InChI is InChI=1S/C120H68/c1-5-6-2-10-14-18-22-26-30-34-38-42-46-50-54-58-63-64-60-56-52-48-44-40-36-32-28-24-20-16-12-4-8-7-3-11-15-19-23-27-31-35-39-43-47-51-55-59-62-61-57-53-49-45-41-37-33-29-25-21-17-13-9(1)65(5)66(6,10)70(14)69(13,65)73(17)74(18,70)78(22)77(21,73)81(25)82(26,78)86(30)85(29,81)89(33)90(34,86)94(38)93(37,89)97(41)98(42,94)102(46)101(45,97)105(49)106(50,102)110(54)109(53,105)113(57)114(58,110)119(63)117(61,113)118(62)115(59)111(55)107(51)103(47)99(43)95(39)91(35)87(31)83(27)79(23)75(19)71(15)67(7,11)68(8,12)72(16,71)76(20,75)80(24,79)84(28,83)88(32,87)92(36,91)96(40,95)100(44,99)104(48,103)108(52,107)112(56,111)116(60,115)120(64,118)119/h5-64H,1-4H2. The second-order valence-electron chi connectivity index (χ2n) is 78.6. The smallest absolute Gasteiger partial charge is 0.00502 e. The molecule has 0 saturated heterocycles. The van der Waals surface area contributed by atoms with Gasteiger partial charge >= 0.3 is 0 Å². The lowest BCUT2D eigenvalue weighted by atomic mass is 8.41. The van der Waals surface area contributed by atoms with Crippen LogP contribution >= 0.6 is 0 Å². The van der Waals surface area contributed by atoms with Crippen molar-refractivity contribution in [3.05, 3.63) is 75.8 Å². The third kappa shape index (κ3) is 0.902. The van der Waals surface area contributed by atoms with Crippen molar-refractivity contribution in [2.45, 2.75) is 25.7 Å². The maximum absolute atomic E-state index is 1.85. The second kappa shape index (κ2) is 6.13. The van der Waals surface area contributed by atoms with Crippen LogP contribution in [0.2, 0.25) is 0 Å². The fraction of sp³-hybridized carbons (Fsp3) is 1.00. The number of hydrogen-bond acceptors (Lipinski definition) is 0. The minimum atomic E-state index is 1.09. The Balaban J connectivity index is 0.375. The number of fused-ring (bicyclic) bond motifs is 56. The van der Waals surface area contributed by atoms with E-state index in [0.29, 0.717) is 0 Å². The normalized spacial score (nSPS) is 144. The van der Waals surface area contributed by atoms with E-state index in [1.165, 1.54) is 355 Å². The van der Waals surface area contributed by atoms with E-state index >= 15 is 0 Å². The zero-order chi connectivity index (χ0) is 65.5. The van der Waals surface area contributed by atoms with E-state index in [9.17, 15) is 0 Å². The summed E-state index contributed by atoms with van der Waals surface area (Å²) in [5.74, 6) is 85.9. The van der Waals surface area contributed by atoms with Crippen LogP contribution in [0.5, 0.6) is 0 Å². The van der Waals surface area contributed by atoms with Gasteiger partial charge in [0.25, 0.3) is 0 Å². The van der Waals surface area contributed by atoms with Crippen LogP contribution in [0.15, 0.2) is 0 Å². The molecule has 0 aromatic heterocycles. The summed E-state index contributed by atoms with van der Waals surface area (Å²) in [4.78, 5) is 0. The summed E-state index contributed by atoms with van der Waals surface area (Å²) in [6.07, 6.45) is 7.39. The van der Waals surface area contributed by atoms with Gasteiger partial charge in [0, 0.05) is 0 Å². The Morgan fingerprint density at radius 3 is 0.217 bits per heavy atom. The Morgan fingerprint density at radius 2 is 0.133 bits per heavy atom. The van der Waals surface area contributed by atoms with E-state index in [2.05, 4.69) is 0 Å². The van der Waals surface area contributed by atoms with Crippen LogP contribution < -0.4 is 0 Å². The molecule has 0 heteroatoms. The Morgan fingerprint density at radius 1 is 0.0667 bits per heavy atom. The van der Waals surface area contributed by atoms with Gasteiger partial charge in [-0.3, -0.25) is 0 Å². The average Bonchev–Trinajstić information content (AvgIpc) is 0.624. The Hall–Kier alpha value is 0.